The predicted octanol–water partition coefficient (Wildman–Crippen LogP) is 2.31. The number of thioether (sulfide) groups is 1. The van der Waals surface area contributed by atoms with E-state index in [1.165, 1.54) is 40.2 Å². The normalized spacial score (nSPS) is 18.5. The quantitative estimate of drug-likeness (QED) is 0.306. The van der Waals surface area contributed by atoms with Crippen LogP contribution in [-0.2, 0) is 29.1 Å². The molecule has 0 bridgehead atoms. The average molecular weight is 497 g/mol. The summed E-state index contributed by atoms with van der Waals surface area (Å²) < 4.78 is 37.5. The number of hydrogen-bond donors (Lipinski definition) is 0. The second-order valence-corrected chi connectivity index (χ2v) is 10.7. The Labute approximate surface area is 198 Å². The van der Waals surface area contributed by atoms with Crippen molar-refractivity contribution in [2.24, 2.45) is 0 Å². The lowest BCUT2D eigenvalue weighted by Crippen LogP contribution is -2.36. The van der Waals surface area contributed by atoms with Crippen molar-refractivity contribution in [2.75, 3.05) is 39.1 Å². The van der Waals surface area contributed by atoms with E-state index in [1.807, 2.05) is 0 Å². The summed E-state index contributed by atoms with van der Waals surface area (Å²) >= 11 is 1.25. The second-order valence-electron chi connectivity index (χ2n) is 7.77. The Morgan fingerprint density at radius 1 is 1.18 bits per heavy atom. The number of hydrogen-bond acceptors (Lipinski definition) is 8. The largest absolute Gasteiger partial charge is 0.466 e. The highest BCUT2D eigenvalue weighted by Gasteiger charge is 2.29. The molecule has 2 aliphatic heterocycles. The third-order valence-corrected chi connectivity index (χ3v) is 8.53. The fourth-order valence-electron chi connectivity index (χ4n) is 3.65. The first-order valence-corrected chi connectivity index (χ1v) is 13.2. The maximum atomic E-state index is 13.0. The first-order chi connectivity index (χ1) is 15.7. The summed E-state index contributed by atoms with van der Waals surface area (Å²) in [7, 11) is -2.41. The number of ether oxygens (including phenoxy) is 2. The summed E-state index contributed by atoms with van der Waals surface area (Å²) in [5, 5.41) is 0.504. The number of carbonyl (C=O) groups is 3. The molecule has 180 valence electrons. The molecule has 3 rings (SSSR count). The van der Waals surface area contributed by atoms with Gasteiger partial charge in [0.1, 0.15) is 0 Å². The molecule has 0 spiro atoms. The molecule has 9 nitrogen and oxygen atoms in total. The molecule has 2 fully saturated rings. The van der Waals surface area contributed by atoms with Crippen LogP contribution in [0.1, 0.15) is 41.6 Å². The van der Waals surface area contributed by atoms with Gasteiger partial charge in [0.05, 0.1) is 41.0 Å². The third kappa shape index (κ3) is 6.15. The topological polar surface area (TPSA) is 110 Å². The number of esters is 2. The Balaban J connectivity index is 1.60. The Hall–Kier alpha value is -2.37. The second kappa shape index (κ2) is 11.2. The first kappa shape index (κ1) is 25.3. The molecule has 0 saturated carbocycles. The van der Waals surface area contributed by atoms with Gasteiger partial charge in [-0.15, -0.1) is 0 Å². The van der Waals surface area contributed by atoms with Gasteiger partial charge in [-0.1, -0.05) is 24.2 Å². The van der Waals surface area contributed by atoms with Crippen molar-refractivity contribution < 1.29 is 32.3 Å². The van der Waals surface area contributed by atoms with Gasteiger partial charge in [0.25, 0.3) is 0 Å². The van der Waals surface area contributed by atoms with Crippen molar-refractivity contribution in [3.05, 3.63) is 40.4 Å². The Morgan fingerprint density at radius 2 is 1.91 bits per heavy atom. The Kier molecular flexibility index (Phi) is 8.55. The monoisotopic (exact) mass is 496 g/mol. The standard InChI is InChI=1S/C22H28N2O7S2/c1-16-7-8-17(13-18(16)33(28,29)23-9-4-3-5-10-23)22(27)31-12-6-11-24-19(25)15-32-20(24)14-21(26)30-2/h7-8,13-14H,3-6,9-12,15H2,1-2H3/b20-14+. The predicted molar refractivity (Wildman–Crippen MR) is 123 cm³/mol. The summed E-state index contributed by atoms with van der Waals surface area (Å²) in [6.45, 7) is 2.99. The van der Waals surface area contributed by atoms with Gasteiger partial charge in [-0.3, -0.25) is 4.79 Å². The average Bonchev–Trinajstić information content (AvgIpc) is 3.16. The van der Waals surface area contributed by atoms with Gasteiger partial charge < -0.3 is 14.4 Å². The SMILES string of the molecule is COC(=O)/C=C1/SCC(=O)N1CCCOC(=O)c1ccc(C)c(S(=O)(=O)N2CCCCC2)c1. The van der Waals surface area contributed by atoms with Gasteiger partial charge in [-0.25, -0.2) is 18.0 Å². The molecule has 2 aliphatic rings. The number of rotatable bonds is 8. The van der Waals surface area contributed by atoms with Crippen LogP contribution in [0.15, 0.2) is 34.2 Å². The molecule has 0 radical (unpaired) electrons. The first-order valence-electron chi connectivity index (χ1n) is 10.7. The zero-order chi connectivity index (χ0) is 24.0. The maximum Gasteiger partial charge on any atom is 0.338 e. The minimum Gasteiger partial charge on any atom is -0.466 e. The molecule has 0 aromatic heterocycles. The number of methoxy groups -OCH3 is 1. The lowest BCUT2D eigenvalue weighted by molar-refractivity contribution is -0.134. The van der Waals surface area contributed by atoms with E-state index in [2.05, 4.69) is 4.74 Å². The minimum absolute atomic E-state index is 0.0425. The van der Waals surface area contributed by atoms with E-state index in [4.69, 9.17) is 4.74 Å². The molecular weight excluding hydrogens is 468 g/mol. The van der Waals surface area contributed by atoms with Gasteiger partial charge in [-0.2, -0.15) is 4.31 Å². The number of piperidine rings is 1. The number of nitrogens with zero attached hydrogens (tertiary/aromatic N) is 2. The van der Waals surface area contributed by atoms with Gasteiger partial charge in [0, 0.05) is 19.6 Å². The number of sulfonamides is 1. The summed E-state index contributed by atoms with van der Waals surface area (Å²) in [4.78, 5) is 37.6. The highest BCUT2D eigenvalue weighted by atomic mass is 32.2. The zero-order valence-corrected chi connectivity index (χ0v) is 20.4. The van der Waals surface area contributed by atoms with Crippen LogP contribution in [0.3, 0.4) is 0 Å². The molecule has 2 saturated heterocycles. The Morgan fingerprint density at radius 3 is 2.61 bits per heavy atom. The van der Waals surface area contributed by atoms with Crippen LogP contribution in [0, 0.1) is 6.92 Å². The summed E-state index contributed by atoms with van der Waals surface area (Å²) in [6, 6.07) is 4.53. The van der Waals surface area contributed by atoms with E-state index in [9.17, 15) is 22.8 Å². The fraction of sp³-hybridized carbons (Fsp3) is 0.500. The van der Waals surface area contributed by atoms with Crippen LogP contribution < -0.4 is 0 Å². The molecular formula is C22H28N2O7S2. The summed E-state index contributed by atoms with van der Waals surface area (Å²) in [6.07, 6.45) is 4.29. The van der Waals surface area contributed by atoms with Crippen LogP contribution in [0.5, 0.6) is 0 Å². The summed E-state index contributed by atoms with van der Waals surface area (Å²) in [5.41, 5.74) is 0.738. The smallest absolute Gasteiger partial charge is 0.338 e. The van der Waals surface area contributed by atoms with Crippen molar-refractivity contribution in [2.45, 2.75) is 37.5 Å². The van der Waals surface area contributed by atoms with E-state index in [0.717, 1.165) is 19.3 Å². The zero-order valence-electron chi connectivity index (χ0n) is 18.7. The molecule has 11 heteroatoms. The lowest BCUT2D eigenvalue weighted by atomic mass is 10.1. The highest BCUT2D eigenvalue weighted by Crippen LogP contribution is 2.29. The molecule has 2 heterocycles. The Bertz CT molecular complexity index is 1050. The van der Waals surface area contributed by atoms with Gasteiger partial charge in [0.2, 0.25) is 15.9 Å². The summed E-state index contributed by atoms with van der Waals surface area (Å²) in [5.74, 6) is -1.07. The number of aryl methyl sites for hydroxylation is 1. The van der Waals surface area contributed by atoms with Crippen LogP contribution in [0.2, 0.25) is 0 Å². The minimum atomic E-state index is -3.67. The van der Waals surface area contributed by atoms with E-state index < -0.39 is 22.0 Å². The van der Waals surface area contributed by atoms with Gasteiger partial charge in [-0.05, 0) is 43.9 Å². The van der Waals surface area contributed by atoms with E-state index >= 15 is 0 Å². The molecule has 1 aromatic rings. The fourth-order valence-corrected chi connectivity index (χ4v) is 6.37. The number of benzene rings is 1. The number of carbonyl (C=O) groups excluding carboxylic acids is 3. The van der Waals surface area contributed by atoms with Crippen LogP contribution >= 0.6 is 11.8 Å². The lowest BCUT2D eigenvalue weighted by Gasteiger charge is -2.26. The molecule has 33 heavy (non-hydrogen) atoms. The van der Waals surface area contributed by atoms with Crippen molar-refractivity contribution >= 4 is 39.6 Å². The van der Waals surface area contributed by atoms with Crippen LogP contribution in [-0.4, -0.2) is 74.6 Å². The van der Waals surface area contributed by atoms with Crippen molar-refractivity contribution in [1.82, 2.24) is 9.21 Å². The molecule has 0 aliphatic carbocycles. The molecule has 0 atom stereocenters. The van der Waals surface area contributed by atoms with Crippen LogP contribution in [0.25, 0.3) is 0 Å². The van der Waals surface area contributed by atoms with Crippen molar-refractivity contribution in [3.8, 4) is 0 Å². The maximum absolute atomic E-state index is 13.0. The molecule has 1 amide bonds. The van der Waals surface area contributed by atoms with E-state index in [-0.39, 0.29) is 35.3 Å². The van der Waals surface area contributed by atoms with Crippen LogP contribution in [0.4, 0.5) is 0 Å². The van der Waals surface area contributed by atoms with Gasteiger partial charge in [0.15, 0.2) is 0 Å². The molecule has 1 aromatic carbocycles. The van der Waals surface area contributed by atoms with Gasteiger partial charge >= 0.3 is 11.9 Å². The molecule has 0 unspecified atom stereocenters. The third-order valence-electron chi connectivity index (χ3n) is 5.47. The van der Waals surface area contributed by atoms with E-state index in [0.29, 0.717) is 30.1 Å². The number of amides is 1. The molecule has 0 N–H and O–H groups in total. The van der Waals surface area contributed by atoms with Crippen molar-refractivity contribution in [3.63, 3.8) is 0 Å². The van der Waals surface area contributed by atoms with Crippen molar-refractivity contribution in [1.29, 1.82) is 0 Å². The van der Waals surface area contributed by atoms with E-state index in [1.54, 1.807) is 19.1 Å². The highest BCUT2D eigenvalue weighted by molar-refractivity contribution is 8.04.